The normalized spacial score (nSPS) is 16.3. The third-order valence-electron chi connectivity index (χ3n) is 1.70. The topological polar surface area (TPSA) is 0 Å². The quantitative estimate of drug-likeness (QED) is 0.606. The molecule has 128 valence electrons. The SMILES string of the molecule is FC(F)(F)C(F)(F)SC(F)(F)C(F)(F)C(F)(F)C(F)(F)F. The van der Waals surface area contributed by atoms with Crippen LogP contribution < -0.4 is 0 Å². The van der Waals surface area contributed by atoms with Gasteiger partial charge in [0.15, 0.2) is 0 Å². The molecule has 15 heteroatoms. The van der Waals surface area contributed by atoms with Gasteiger partial charge in [-0.25, -0.2) is 0 Å². The van der Waals surface area contributed by atoms with Crippen molar-refractivity contribution in [2.75, 3.05) is 0 Å². The van der Waals surface area contributed by atoms with E-state index in [-0.39, 0.29) is 0 Å². The molecule has 0 N–H and O–H groups in total. The third-order valence-corrected chi connectivity index (χ3v) is 2.70. The Morgan fingerprint density at radius 1 is 0.381 bits per heavy atom. The van der Waals surface area contributed by atoms with Crippen molar-refractivity contribution < 1.29 is 61.5 Å². The Kier molecular flexibility index (Phi) is 4.79. The predicted octanol–water partition coefficient (Wildman–Crippen LogP) is 5.30. The minimum atomic E-state index is -7.56. The molecule has 21 heavy (non-hydrogen) atoms. The van der Waals surface area contributed by atoms with Crippen LogP contribution in [0.5, 0.6) is 0 Å². The second kappa shape index (κ2) is 4.94. The summed E-state index contributed by atoms with van der Waals surface area (Å²) >= 11 is -3.36. The Balaban J connectivity index is 5.71. The van der Waals surface area contributed by atoms with Crippen LogP contribution >= 0.6 is 11.8 Å². The van der Waals surface area contributed by atoms with E-state index in [4.69, 9.17) is 0 Å². The lowest BCUT2D eigenvalue weighted by atomic mass is 10.1. The van der Waals surface area contributed by atoms with Crippen LogP contribution in [0.1, 0.15) is 0 Å². The fourth-order valence-corrected chi connectivity index (χ4v) is 1.34. The fourth-order valence-electron chi connectivity index (χ4n) is 0.644. The Hall–Kier alpha value is -0.630. The van der Waals surface area contributed by atoms with E-state index in [1.54, 1.807) is 0 Å². The smallest absolute Gasteiger partial charge is 0.191 e. The van der Waals surface area contributed by atoms with Crippen LogP contribution in [0.2, 0.25) is 0 Å². The largest absolute Gasteiger partial charge is 0.464 e. The van der Waals surface area contributed by atoms with Gasteiger partial charge in [0.2, 0.25) is 0 Å². The number of rotatable bonds is 4. The van der Waals surface area contributed by atoms with Gasteiger partial charge in [0.1, 0.15) is 0 Å². The van der Waals surface area contributed by atoms with Gasteiger partial charge in [0.05, 0.1) is 0 Å². The van der Waals surface area contributed by atoms with Crippen LogP contribution in [0.4, 0.5) is 61.5 Å². The molecule has 0 saturated carbocycles. The lowest BCUT2D eigenvalue weighted by Gasteiger charge is -2.34. The van der Waals surface area contributed by atoms with Gasteiger partial charge < -0.3 is 0 Å². The summed E-state index contributed by atoms with van der Waals surface area (Å²) in [4.78, 5) is 0. The molecule has 0 atom stereocenters. The monoisotopic (exact) mass is 370 g/mol. The minimum Gasteiger partial charge on any atom is -0.191 e. The summed E-state index contributed by atoms with van der Waals surface area (Å²) in [5, 5.41) is -13.8. The summed E-state index contributed by atoms with van der Waals surface area (Å²) in [6.07, 6.45) is -14.2. The lowest BCUT2D eigenvalue weighted by molar-refractivity contribution is -0.381. The number of hydrogen-bond acceptors (Lipinski definition) is 1. The summed E-state index contributed by atoms with van der Waals surface area (Å²) < 4.78 is 168. The number of thioether (sulfide) groups is 1. The van der Waals surface area contributed by atoms with E-state index in [1.807, 2.05) is 0 Å². The van der Waals surface area contributed by atoms with Crippen LogP contribution in [0.3, 0.4) is 0 Å². The molecule has 0 nitrogen and oxygen atoms in total. The van der Waals surface area contributed by atoms with E-state index in [2.05, 4.69) is 0 Å². The van der Waals surface area contributed by atoms with Crippen LogP contribution in [0.15, 0.2) is 0 Å². The van der Waals surface area contributed by atoms with Gasteiger partial charge >= 0.3 is 34.7 Å². The third kappa shape index (κ3) is 3.41. The molecule has 0 rings (SSSR count). The predicted molar refractivity (Wildman–Crippen MR) is 39.5 cm³/mol. The Morgan fingerprint density at radius 2 is 0.714 bits per heavy atom. The number of halogens is 14. The molecule has 0 fully saturated rings. The van der Waals surface area contributed by atoms with Gasteiger partial charge in [-0.3, -0.25) is 0 Å². The van der Waals surface area contributed by atoms with Crippen LogP contribution in [-0.2, 0) is 0 Å². The summed E-state index contributed by atoms with van der Waals surface area (Å²) in [6, 6.07) is 0. The molecule has 0 aromatic heterocycles. The molecule has 0 aromatic carbocycles. The number of alkyl halides is 14. The van der Waals surface area contributed by atoms with Gasteiger partial charge in [0, 0.05) is 11.8 Å². The maximum absolute atomic E-state index is 12.5. The Morgan fingerprint density at radius 3 is 0.952 bits per heavy atom. The summed E-state index contributed by atoms with van der Waals surface area (Å²) in [6.45, 7) is 0. The summed E-state index contributed by atoms with van der Waals surface area (Å²) in [5.41, 5.74) is 0. The Bertz CT molecular complexity index is 374. The molecule has 0 spiro atoms. The fraction of sp³-hybridized carbons (Fsp3) is 1.00. The van der Waals surface area contributed by atoms with E-state index in [0.29, 0.717) is 0 Å². The highest BCUT2D eigenvalue weighted by atomic mass is 32.2. The van der Waals surface area contributed by atoms with Gasteiger partial charge in [-0.2, -0.15) is 61.5 Å². The highest BCUT2D eigenvalue weighted by Gasteiger charge is 2.84. The minimum absolute atomic E-state index is 3.36. The van der Waals surface area contributed by atoms with Crippen molar-refractivity contribution in [2.45, 2.75) is 34.7 Å². The standard InChI is InChI=1S/C6F14S/c7-1(8,3(11,12)13)2(9,10)5(17,18)21-6(19,20)4(14,15)16. The average molecular weight is 370 g/mol. The van der Waals surface area contributed by atoms with E-state index in [0.717, 1.165) is 0 Å². The second-order valence-electron chi connectivity index (χ2n) is 3.28. The Labute approximate surface area is 109 Å². The first kappa shape index (κ1) is 20.4. The zero-order chi connectivity index (χ0) is 17.7. The van der Waals surface area contributed by atoms with Crippen molar-refractivity contribution in [3.8, 4) is 0 Å². The molecule has 0 aliphatic carbocycles. The van der Waals surface area contributed by atoms with E-state index in [1.165, 1.54) is 0 Å². The molecule has 0 radical (unpaired) electrons. The van der Waals surface area contributed by atoms with Crippen molar-refractivity contribution in [3.05, 3.63) is 0 Å². The molecular formula is C6F14S. The van der Waals surface area contributed by atoms with E-state index < -0.39 is 46.5 Å². The molecule has 0 aliphatic heterocycles. The zero-order valence-electron chi connectivity index (χ0n) is 8.70. The molecular weight excluding hydrogens is 370 g/mol. The van der Waals surface area contributed by atoms with Gasteiger partial charge in [0.25, 0.3) is 0 Å². The molecule has 0 heterocycles. The van der Waals surface area contributed by atoms with Crippen molar-refractivity contribution >= 4 is 11.8 Å². The van der Waals surface area contributed by atoms with Gasteiger partial charge in [-0.1, -0.05) is 0 Å². The highest BCUT2D eigenvalue weighted by molar-refractivity contribution is 8.01. The van der Waals surface area contributed by atoms with Gasteiger partial charge in [-0.15, -0.1) is 0 Å². The molecule has 0 amide bonds. The summed E-state index contributed by atoms with van der Waals surface area (Å²) in [7, 11) is 0. The first-order chi connectivity index (χ1) is 8.71. The summed E-state index contributed by atoms with van der Waals surface area (Å²) in [5.74, 6) is -15.1. The highest BCUT2D eigenvalue weighted by Crippen LogP contribution is 2.61. The maximum Gasteiger partial charge on any atom is 0.464 e. The van der Waals surface area contributed by atoms with Crippen LogP contribution in [0, 0.1) is 0 Å². The molecule has 0 aromatic rings. The van der Waals surface area contributed by atoms with E-state index >= 15 is 0 Å². The number of hydrogen-bond donors (Lipinski definition) is 0. The molecule has 0 aliphatic rings. The molecule has 0 saturated heterocycles. The van der Waals surface area contributed by atoms with Crippen molar-refractivity contribution in [1.82, 2.24) is 0 Å². The zero-order valence-corrected chi connectivity index (χ0v) is 9.52. The second-order valence-corrected chi connectivity index (χ2v) is 4.51. The van der Waals surface area contributed by atoms with Gasteiger partial charge in [-0.05, 0) is 0 Å². The van der Waals surface area contributed by atoms with Crippen molar-refractivity contribution in [2.24, 2.45) is 0 Å². The van der Waals surface area contributed by atoms with Crippen LogP contribution in [-0.4, -0.2) is 34.7 Å². The maximum atomic E-state index is 12.5. The van der Waals surface area contributed by atoms with Crippen LogP contribution in [0.25, 0.3) is 0 Å². The molecule has 0 bridgehead atoms. The first-order valence-corrected chi connectivity index (χ1v) is 4.87. The first-order valence-electron chi connectivity index (χ1n) is 4.05. The molecule has 0 unspecified atom stereocenters. The lowest BCUT2D eigenvalue weighted by Crippen LogP contribution is -2.60. The van der Waals surface area contributed by atoms with Crippen molar-refractivity contribution in [1.29, 1.82) is 0 Å². The van der Waals surface area contributed by atoms with E-state index in [9.17, 15) is 61.5 Å². The average Bonchev–Trinajstić information content (AvgIpc) is 2.11. The van der Waals surface area contributed by atoms with Crippen molar-refractivity contribution in [3.63, 3.8) is 0 Å².